The van der Waals surface area contributed by atoms with Gasteiger partial charge in [0.2, 0.25) is 5.75 Å². The highest BCUT2D eigenvalue weighted by Gasteiger charge is 2.32. The first-order chi connectivity index (χ1) is 10.2. The van der Waals surface area contributed by atoms with E-state index in [9.17, 15) is 5.11 Å². The Morgan fingerprint density at radius 1 is 1.05 bits per heavy atom. The maximum Gasteiger partial charge on any atom is 0.203 e. The number of aliphatic hydroxyl groups is 1. The summed E-state index contributed by atoms with van der Waals surface area (Å²) in [5, 5.41) is 13.1. The number of benzene rings is 1. The van der Waals surface area contributed by atoms with Crippen molar-refractivity contribution in [3.05, 3.63) is 17.7 Å². The lowest BCUT2D eigenvalue weighted by atomic mass is 9.98. The van der Waals surface area contributed by atoms with Crippen molar-refractivity contribution < 1.29 is 19.3 Å². The zero-order valence-corrected chi connectivity index (χ0v) is 13.1. The van der Waals surface area contributed by atoms with Gasteiger partial charge in [0.25, 0.3) is 0 Å². The molecular formula is C16H25NO4. The molecule has 0 aliphatic heterocycles. The van der Waals surface area contributed by atoms with Crippen molar-refractivity contribution in [1.29, 1.82) is 0 Å². The molecular weight excluding hydrogens is 270 g/mol. The predicted molar refractivity (Wildman–Crippen MR) is 81.2 cm³/mol. The van der Waals surface area contributed by atoms with Gasteiger partial charge in [-0.1, -0.05) is 12.8 Å². The largest absolute Gasteiger partial charge is 0.493 e. The van der Waals surface area contributed by atoms with E-state index in [1.54, 1.807) is 21.3 Å². The molecule has 0 amide bonds. The van der Waals surface area contributed by atoms with E-state index in [0.717, 1.165) is 18.4 Å². The summed E-state index contributed by atoms with van der Waals surface area (Å²) >= 11 is 0. The Hall–Kier alpha value is -1.46. The first kappa shape index (κ1) is 15.9. The lowest BCUT2D eigenvalue weighted by Gasteiger charge is -2.28. The molecule has 1 aromatic rings. The molecule has 2 rings (SSSR count). The van der Waals surface area contributed by atoms with Crippen molar-refractivity contribution in [2.75, 3.05) is 27.9 Å². The van der Waals surface area contributed by atoms with Crippen LogP contribution in [0.2, 0.25) is 0 Å². The van der Waals surface area contributed by atoms with Crippen molar-refractivity contribution in [2.45, 2.75) is 37.8 Å². The quantitative estimate of drug-likeness (QED) is 0.807. The van der Waals surface area contributed by atoms with Gasteiger partial charge in [0.15, 0.2) is 11.5 Å². The van der Waals surface area contributed by atoms with E-state index in [1.807, 2.05) is 12.1 Å². The summed E-state index contributed by atoms with van der Waals surface area (Å²) in [4.78, 5) is 0. The fourth-order valence-corrected chi connectivity index (χ4v) is 2.97. The van der Waals surface area contributed by atoms with Gasteiger partial charge in [-0.25, -0.2) is 0 Å². The van der Waals surface area contributed by atoms with E-state index >= 15 is 0 Å². The van der Waals surface area contributed by atoms with Crippen LogP contribution in [0.5, 0.6) is 17.2 Å². The second kappa shape index (κ2) is 7.00. The Balaban J connectivity index is 2.16. The Kier molecular flexibility index (Phi) is 5.31. The molecule has 2 N–H and O–H groups in total. The van der Waals surface area contributed by atoms with Crippen LogP contribution in [0.1, 0.15) is 31.2 Å². The summed E-state index contributed by atoms with van der Waals surface area (Å²) in [6.45, 7) is 0.842. The van der Waals surface area contributed by atoms with Crippen LogP contribution < -0.4 is 19.5 Å². The molecule has 0 unspecified atom stereocenters. The molecule has 1 aliphatic rings. The first-order valence-corrected chi connectivity index (χ1v) is 7.33. The fraction of sp³-hybridized carbons (Fsp3) is 0.625. The monoisotopic (exact) mass is 295 g/mol. The van der Waals surface area contributed by atoms with Gasteiger partial charge in [-0.15, -0.1) is 0 Å². The maximum absolute atomic E-state index is 9.65. The van der Waals surface area contributed by atoms with E-state index in [1.165, 1.54) is 12.8 Å². The van der Waals surface area contributed by atoms with E-state index in [-0.39, 0.29) is 12.1 Å². The van der Waals surface area contributed by atoms with Crippen LogP contribution in [0.4, 0.5) is 0 Å². The molecule has 0 atom stereocenters. The van der Waals surface area contributed by atoms with Gasteiger partial charge in [-0.3, -0.25) is 0 Å². The van der Waals surface area contributed by atoms with Crippen LogP contribution in [0.25, 0.3) is 0 Å². The average molecular weight is 295 g/mol. The highest BCUT2D eigenvalue weighted by molar-refractivity contribution is 5.53. The van der Waals surface area contributed by atoms with Crippen LogP contribution in [0.3, 0.4) is 0 Å². The highest BCUT2D eigenvalue weighted by atomic mass is 16.5. The maximum atomic E-state index is 9.65. The summed E-state index contributed by atoms with van der Waals surface area (Å²) in [5.74, 6) is 1.90. The standard InChI is InChI=1S/C16H25NO4/c1-19-13-8-12(9-14(20-2)15(13)21-3)10-17-16(11-18)6-4-5-7-16/h8-9,17-18H,4-7,10-11H2,1-3H3. The third kappa shape index (κ3) is 3.41. The molecule has 21 heavy (non-hydrogen) atoms. The second-order valence-electron chi connectivity index (χ2n) is 5.53. The van der Waals surface area contributed by atoms with Gasteiger partial charge in [0.05, 0.1) is 27.9 Å². The number of methoxy groups -OCH3 is 3. The second-order valence-corrected chi connectivity index (χ2v) is 5.53. The Labute approximate surface area is 126 Å². The van der Waals surface area contributed by atoms with Gasteiger partial charge in [-0.05, 0) is 30.5 Å². The lowest BCUT2D eigenvalue weighted by Crippen LogP contribution is -2.45. The minimum absolute atomic E-state index is 0.138. The first-order valence-electron chi connectivity index (χ1n) is 7.33. The molecule has 5 heteroatoms. The molecule has 1 fully saturated rings. The summed E-state index contributed by atoms with van der Waals surface area (Å²) in [6.07, 6.45) is 4.38. The predicted octanol–water partition coefficient (Wildman–Crippen LogP) is 2.11. The molecule has 0 bridgehead atoms. The van der Waals surface area contributed by atoms with Gasteiger partial charge in [0, 0.05) is 12.1 Å². The van der Waals surface area contributed by atoms with Crippen LogP contribution >= 0.6 is 0 Å². The zero-order chi connectivity index (χ0) is 15.3. The average Bonchev–Trinajstić information content (AvgIpc) is 3.01. The topological polar surface area (TPSA) is 60.0 Å². The summed E-state index contributed by atoms with van der Waals surface area (Å²) in [5.41, 5.74) is 0.907. The van der Waals surface area contributed by atoms with E-state index in [0.29, 0.717) is 23.8 Å². The van der Waals surface area contributed by atoms with E-state index < -0.39 is 0 Å². The molecule has 0 saturated heterocycles. The lowest BCUT2D eigenvalue weighted by molar-refractivity contribution is 0.163. The Morgan fingerprint density at radius 2 is 1.62 bits per heavy atom. The minimum atomic E-state index is -0.138. The number of nitrogens with one attached hydrogen (secondary N) is 1. The van der Waals surface area contributed by atoms with Crippen molar-refractivity contribution in [3.63, 3.8) is 0 Å². The van der Waals surface area contributed by atoms with E-state index in [4.69, 9.17) is 14.2 Å². The van der Waals surface area contributed by atoms with Crippen LogP contribution in [0, 0.1) is 0 Å². The van der Waals surface area contributed by atoms with Crippen molar-refractivity contribution in [2.24, 2.45) is 0 Å². The molecule has 5 nitrogen and oxygen atoms in total. The molecule has 0 radical (unpaired) electrons. The fourth-order valence-electron chi connectivity index (χ4n) is 2.97. The summed E-state index contributed by atoms with van der Waals surface area (Å²) in [6, 6.07) is 3.88. The third-order valence-corrected chi connectivity index (χ3v) is 4.26. The van der Waals surface area contributed by atoms with Gasteiger partial charge in [-0.2, -0.15) is 0 Å². The number of rotatable bonds is 7. The van der Waals surface area contributed by atoms with Crippen LogP contribution in [-0.2, 0) is 6.54 Å². The smallest absolute Gasteiger partial charge is 0.203 e. The van der Waals surface area contributed by atoms with Crippen molar-refractivity contribution in [3.8, 4) is 17.2 Å². The Bertz CT molecular complexity index is 444. The minimum Gasteiger partial charge on any atom is -0.493 e. The summed E-state index contributed by atoms with van der Waals surface area (Å²) < 4.78 is 16.0. The molecule has 0 heterocycles. The SMILES string of the molecule is COc1cc(CNC2(CO)CCCC2)cc(OC)c1OC. The molecule has 118 valence electrons. The summed E-state index contributed by atoms with van der Waals surface area (Å²) in [7, 11) is 4.82. The molecule has 1 saturated carbocycles. The molecule has 1 aromatic carbocycles. The van der Waals surface area contributed by atoms with Crippen molar-refractivity contribution >= 4 is 0 Å². The van der Waals surface area contributed by atoms with Gasteiger partial charge >= 0.3 is 0 Å². The van der Waals surface area contributed by atoms with E-state index in [2.05, 4.69) is 5.32 Å². The van der Waals surface area contributed by atoms with Crippen molar-refractivity contribution in [1.82, 2.24) is 5.32 Å². The van der Waals surface area contributed by atoms with Crippen LogP contribution in [0.15, 0.2) is 12.1 Å². The number of hydrogen-bond donors (Lipinski definition) is 2. The van der Waals surface area contributed by atoms with Crippen LogP contribution in [-0.4, -0.2) is 38.6 Å². The molecule has 0 aromatic heterocycles. The molecule has 0 spiro atoms. The zero-order valence-electron chi connectivity index (χ0n) is 13.1. The number of ether oxygens (including phenoxy) is 3. The number of aliphatic hydroxyl groups excluding tert-OH is 1. The number of hydrogen-bond acceptors (Lipinski definition) is 5. The Morgan fingerprint density at radius 3 is 2.05 bits per heavy atom. The van der Waals surface area contributed by atoms with Gasteiger partial charge < -0.3 is 24.6 Å². The molecule has 1 aliphatic carbocycles. The normalized spacial score (nSPS) is 16.8. The van der Waals surface area contributed by atoms with Gasteiger partial charge in [0.1, 0.15) is 0 Å². The highest BCUT2D eigenvalue weighted by Crippen LogP contribution is 2.38. The third-order valence-electron chi connectivity index (χ3n) is 4.26.